The molecule has 1 unspecified atom stereocenters. The van der Waals surface area contributed by atoms with Crippen LogP contribution < -0.4 is 10.5 Å². The standard InChI is InChI=1S/C13H22N2O3S/c1-10(9-16)4-3-7-15-19(17,18)12-5-6-13(14)11(2)8-12/h5-6,8,10,15-16H,3-4,7,9,14H2,1-2H3. The molecule has 0 heterocycles. The third kappa shape index (κ3) is 4.81. The molecule has 0 saturated carbocycles. The van der Waals surface area contributed by atoms with Crippen molar-refractivity contribution in [2.75, 3.05) is 18.9 Å². The lowest BCUT2D eigenvalue weighted by Crippen LogP contribution is -2.25. The molecule has 0 spiro atoms. The Kier molecular flexibility index (Phi) is 5.78. The van der Waals surface area contributed by atoms with Crippen LogP contribution in [0.2, 0.25) is 0 Å². The number of anilines is 1. The second kappa shape index (κ2) is 6.88. The fourth-order valence-corrected chi connectivity index (χ4v) is 2.81. The van der Waals surface area contributed by atoms with Crippen molar-refractivity contribution < 1.29 is 13.5 Å². The summed E-state index contributed by atoms with van der Waals surface area (Å²) >= 11 is 0. The van der Waals surface area contributed by atoms with Crippen molar-refractivity contribution in [3.8, 4) is 0 Å². The minimum Gasteiger partial charge on any atom is -0.399 e. The minimum atomic E-state index is -3.47. The Morgan fingerprint density at radius 2 is 2.11 bits per heavy atom. The largest absolute Gasteiger partial charge is 0.399 e. The molecule has 0 aliphatic carbocycles. The van der Waals surface area contributed by atoms with Gasteiger partial charge in [-0.1, -0.05) is 6.92 Å². The molecular weight excluding hydrogens is 264 g/mol. The van der Waals surface area contributed by atoms with Gasteiger partial charge in [-0.2, -0.15) is 0 Å². The number of aliphatic hydroxyl groups excluding tert-OH is 1. The molecule has 0 radical (unpaired) electrons. The molecular formula is C13H22N2O3S. The van der Waals surface area contributed by atoms with Crippen molar-refractivity contribution in [1.29, 1.82) is 0 Å². The van der Waals surface area contributed by atoms with Gasteiger partial charge < -0.3 is 10.8 Å². The summed E-state index contributed by atoms with van der Waals surface area (Å²) in [4.78, 5) is 0.231. The second-order valence-electron chi connectivity index (χ2n) is 4.85. The molecule has 0 fully saturated rings. The molecule has 1 aromatic carbocycles. The lowest BCUT2D eigenvalue weighted by molar-refractivity contribution is 0.228. The predicted molar refractivity (Wildman–Crippen MR) is 76.3 cm³/mol. The number of hydrogen-bond donors (Lipinski definition) is 3. The van der Waals surface area contributed by atoms with E-state index in [1.54, 1.807) is 19.1 Å². The molecule has 4 N–H and O–H groups in total. The Balaban J connectivity index is 2.58. The van der Waals surface area contributed by atoms with E-state index in [1.165, 1.54) is 6.07 Å². The highest BCUT2D eigenvalue weighted by atomic mass is 32.2. The predicted octanol–water partition coefficient (Wildman–Crippen LogP) is 1.26. The second-order valence-corrected chi connectivity index (χ2v) is 6.61. The first-order chi connectivity index (χ1) is 8.86. The molecule has 1 atom stereocenters. The van der Waals surface area contributed by atoms with Gasteiger partial charge in [0.15, 0.2) is 0 Å². The number of aliphatic hydroxyl groups is 1. The summed E-state index contributed by atoms with van der Waals surface area (Å²) < 4.78 is 26.6. The third-order valence-electron chi connectivity index (χ3n) is 3.03. The van der Waals surface area contributed by atoms with Gasteiger partial charge in [-0.3, -0.25) is 0 Å². The molecule has 1 rings (SSSR count). The van der Waals surface area contributed by atoms with Gasteiger partial charge in [-0.05, 0) is 49.4 Å². The molecule has 0 bridgehead atoms. The van der Waals surface area contributed by atoms with Crippen LogP contribution in [0.15, 0.2) is 23.1 Å². The number of sulfonamides is 1. The molecule has 0 amide bonds. The lowest BCUT2D eigenvalue weighted by atomic mass is 10.1. The smallest absolute Gasteiger partial charge is 0.240 e. The molecule has 0 aromatic heterocycles. The van der Waals surface area contributed by atoms with E-state index in [9.17, 15) is 8.42 Å². The van der Waals surface area contributed by atoms with Crippen LogP contribution in [0, 0.1) is 12.8 Å². The maximum Gasteiger partial charge on any atom is 0.240 e. The van der Waals surface area contributed by atoms with Gasteiger partial charge in [-0.25, -0.2) is 13.1 Å². The van der Waals surface area contributed by atoms with E-state index in [2.05, 4.69) is 4.72 Å². The zero-order valence-corrected chi connectivity index (χ0v) is 12.2. The SMILES string of the molecule is Cc1cc(S(=O)(=O)NCCCC(C)CO)ccc1N. The zero-order valence-electron chi connectivity index (χ0n) is 11.4. The minimum absolute atomic E-state index is 0.129. The van der Waals surface area contributed by atoms with Crippen LogP contribution in [0.4, 0.5) is 5.69 Å². The topological polar surface area (TPSA) is 92.4 Å². The molecule has 6 heteroatoms. The highest BCUT2D eigenvalue weighted by molar-refractivity contribution is 7.89. The van der Waals surface area contributed by atoms with Gasteiger partial charge in [0.25, 0.3) is 0 Å². The summed E-state index contributed by atoms with van der Waals surface area (Å²) in [5, 5.41) is 8.88. The molecule has 0 aliphatic heterocycles. The molecule has 1 aromatic rings. The van der Waals surface area contributed by atoms with E-state index in [0.717, 1.165) is 12.0 Å². The van der Waals surface area contributed by atoms with E-state index in [4.69, 9.17) is 10.8 Å². The van der Waals surface area contributed by atoms with Crippen molar-refractivity contribution >= 4 is 15.7 Å². The molecule has 0 aliphatic rings. The normalized spacial score (nSPS) is 13.4. The van der Waals surface area contributed by atoms with Crippen LogP contribution in [-0.4, -0.2) is 26.7 Å². The highest BCUT2D eigenvalue weighted by Crippen LogP contribution is 2.16. The monoisotopic (exact) mass is 286 g/mol. The fourth-order valence-electron chi connectivity index (χ4n) is 1.65. The maximum absolute atomic E-state index is 12.0. The van der Waals surface area contributed by atoms with Crippen molar-refractivity contribution in [3.05, 3.63) is 23.8 Å². The summed E-state index contributed by atoms with van der Waals surface area (Å²) in [6, 6.07) is 4.66. The molecule has 0 saturated heterocycles. The number of benzene rings is 1. The summed E-state index contributed by atoms with van der Waals surface area (Å²) in [6.07, 6.45) is 1.49. The molecule has 5 nitrogen and oxygen atoms in total. The molecule has 108 valence electrons. The van der Waals surface area contributed by atoms with Gasteiger partial charge in [0.05, 0.1) is 4.90 Å². The van der Waals surface area contributed by atoms with Crippen LogP contribution in [0.3, 0.4) is 0 Å². The van der Waals surface area contributed by atoms with Crippen LogP contribution in [-0.2, 0) is 10.0 Å². The van der Waals surface area contributed by atoms with Crippen LogP contribution in [0.5, 0.6) is 0 Å². The third-order valence-corrected chi connectivity index (χ3v) is 4.49. The first-order valence-electron chi connectivity index (χ1n) is 6.33. The summed E-state index contributed by atoms with van der Waals surface area (Å²) in [7, 11) is -3.47. The van der Waals surface area contributed by atoms with Crippen molar-refractivity contribution in [2.24, 2.45) is 5.92 Å². The van der Waals surface area contributed by atoms with Crippen molar-refractivity contribution in [2.45, 2.75) is 31.6 Å². The van der Waals surface area contributed by atoms with Gasteiger partial charge in [0, 0.05) is 18.8 Å². The van der Waals surface area contributed by atoms with Crippen LogP contribution in [0.1, 0.15) is 25.3 Å². The number of aryl methyl sites for hydroxylation is 1. The van der Waals surface area contributed by atoms with Gasteiger partial charge in [-0.15, -0.1) is 0 Å². The number of hydrogen-bond acceptors (Lipinski definition) is 4. The van der Waals surface area contributed by atoms with Crippen LogP contribution >= 0.6 is 0 Å². The first kappa shape index (κ1) is 15.9. The number of nitrogens with one attached hydrogen (secondary N) is 1. The Morgan fingerprint density at radius 3 is 2.68 bits per heavy atom. The van der Waals surface area contributed by atoms with E-state index in [0.29, 0.717) is 18.7 Å². The van der Waals surface area contributed by atoms with E-state index < -0.39 is 10.0 Å². The Labute approximate surface area is 114 Å². The first-order valence-corrected chi connectivity index (χ1v) is 7.82. The lowest BCUT2D eigenvalue weighted by Gasteiger charge is -2.10. The Morgan fingerprint density at radius 1 is 1.42 bits per heavy atom. The average molecular weight is 286 g/mol. The van der Waals surface area contributed by atoms with Crippen molar-refractivity contribution in [1.82, 2.24) is 4.72 Å². The van der Waals surface area contributed by atoms with Gasteiger partial charge >= 0.3 is 0 Å². The van der Waals surface area contributed by atoms with E-state index >= 15 is 0 Å². The van der Waals surface area contributed by atoms with Gasteiger partial charge in [0.1, 0.15) is 0 Å². The van der Waals surface area contributed by atoms with E-state index in [1.807, 2.05) is 6.92 Å². The Hall–Kier alpha value is -1.11. The number of nitrogens with two attached hydrogens (primary N) is 1. The Bertz CT molecular complexity index is 515. The fraction of sp³-hybridized carbons (Fsp3) is 0.538. The van der Waals surface area contributed by atoms with Crippen LogP contribution in [0.25, 0.3) is 0 Å². The molecule has 19 heavy (non-hydrogen) atoms. The summed E-state index contributed by atoms with van der Waals surface area (Å²) in [6.45, 7) is 4.20. The van der Waals surface area contributed by atoms with Crippen molar-refractivity contribution in [3.63, 3.8) is 0 Å². The number of nitrogen functional groups attached to an aromatic ring is 1. The maximum atomic E-state index is 12.0. The van der Waals surface area contributed by atoms with E-state index in [-0.39, 0.29) is 17.4 Å². The summed E-state index contributed by atoms with van der Waals surface area (Å²) in [5.41, 5.74) is 6.99. The highest BCUT2D eigenvalue weighted by Gasteiger charge is 2.14. The quantitative estimate of drug-likeness (QED) is 0.520. The van der Waals surface area contributed by atoms with Gasteiger partial charge in [0.2, 0.25) is 10.0 Å². The average Bonchev–Trinajstić information content (AvgIpc) is 2.37. The zero-order chi connectivity index (χ0) is 14.5. The number of rotatable bonds is 7. The summed E-state index contributed by atoms with van der Waals surface area (Å²) in [5.74, 6) is 0.197.